The fourth-order valence-corrected chi connectivity index (χ4v) is 2.38. The van der Waals surface area contributed by atoms with Crippen molar-refractivity contribution in [2.45, 2.75) is 20.0 Å². The second kappa shape index (κ2) is 8.71. The molecule has 0 aliphatic heterocycles. The van der Waals surface area contributed by atoms with Crippen LogP contribution in [0.5, 0.6) is 5.75 Å². The largest absolute Gasteiger partial charge is 0.508 e. The molecule has 0 aliphatic carbocycles. The van der Waals surface area contributed by atoms with Gasteiger partial charge in [-0.3, -0.25) is 5.32 Å². The van der Waals surface area contributed by atoms with E-state index in [0.717, 1.165) is 11.6 Å². The SMILES string of the molecule is Cc1ccc(NC(=O)O[C@@H](c2ccc(O)cc2)[C@@H](C)/C=C/C(=O)O)cc1. The molecule has 0 radical (unpaired) electrons. The highest BCUT2D eigenvalue weighted by Crippen LogP contribution is 2.29. The molecule has 0 spiro atoms. The number of benzene rings is 2. The monoisotopic (exact) mass is 355 g/mol. The molecule has 2 aromatic carbocycles. The number of carbonyl (C=O) groups excluding carboxylic acids is 1. The zero-order valence-electron chi connectivity index (χ0n) is 14.5. The average Bonchev–Trinajstić information content (AvgIpc) is 2.60. The summed E-state index contributed by atoms with van der Waals surface area (Å²) in [7, 11) is 0. The van der Waals surface area contributed by atoms with Crippen molar-refractivity contribution in [3.8, 4) is 5.75 Å². The number of carboxylic acid groups (broad SMARTS) is 1. The van der Waals surface area contributed by atoms with E-state index in [1.165, 1.54) is 18.2 Å². The van der Waals surface area contributed by atoms with Crippen molar-refractivity contribution in [3.05, 3.63) is 71.8 Å². The highest BCUT2D eigenvalue weighted by atomic mass is 16.6. The third-order valence-electron chi connectivity index (χ3n) is 3.77. The molecule has 0 aliphatic rings. The maximum atomic E-state index is 12.3. The lowest BCUT2D eigenvalue weighted by Crippen LogP contribution is -2.21. The molecule has 2 aromatic rings. The van der Waals surface area contributed by atoms with E-state index in [-0.39, 0.29) is 11.7 Å². The third kappa shape index (κ3) is 5.66. The zero-order valence-corrected chi connectivity index (χ0v) is 14.5. The average molecular weight is 355 g/mol. The molecule has 2 rings (SSSR count). The smallest absolute Gasteiger partial charge is 0.412 e. The highest BCUT2D eigenvalue weighted by Gasteiger charge is 2.22. The van der Waals surface area contributed by atoms with Gasteiger partial charge in [0.2, 0.25) is 0 Å². The standard InChI is InChI=1S/C20H21NO5/c1-13-3-8-16(9-4-13)21-20(25)26-19(14(2)5-12-18(23)24)15-6-10-17(22)11-7-15/h3-12,14,19,22H,1-2H3,(H,21,25)(H,23,24)/b12-5+/t14-,19+/m0/s1. The molecule has 0 fully saturated rings. The van der Waals surface area contributed by atoms with E-state index in [9.17, 15) is 14.7 Å². The van der Waals surface area contributed by atoms with E-state index in [4.69, 9.17) is 9.84 Å². The number of rotatable bonds is 6. The first kappa shape index (κ1) is 19.1. The van der Waals surface area contributed by atoms with Crippen LogP contribution in [0.3, 0.4) is 0 Å². The molecule has 0 saturated carbocycles. The van der Waals surface area contributed by atoms with Gasteiger partial charge >= 0.3 is 12.1 Å². The van der Waals surface area contributed by atoms with Gasteiger partial charge in [-0.1, -0.05) is 42.8 Å². The number of hydrogen-bond acceptors (Lipinski definition) is 4. The van der Waals surface area contributed by atoms with Crippen LogP contribution in [-0.2, 0) is 9.53 Å². The van der Waals surface area contributed by atoms with Gasteiger partial charge in [0.15, 0.2) is 0 Å². The van der Waals surface area contributed by atoms with E-state index < -0.39 is 18.2 Å². The number of hydrogen-bond donors (Lipinski definition) is 3. The molecule has 0 unspecified atom stereocenters. The molecule has 1 amide bonds. The Morgan fingerprint density at radius 1 is 1.08 bits per heavy atom. The zero-order chi connectivity index (χ0) is 19.1. The Kier molecular flexibility index (Phi) is 6.38. The Labute approximate surface area is 151 Å². The van der Waals surface area contributed by atoms with Crippen LogP contribution in [0.25, 0.3) is 0 Å². The summed E-state index contributed by atoms with van der Waals surface area (Å²) in [5.41, 5.74) is 2.31. The Morgan fingerprint density at radius 2 is 1.69 bits per heavy atom. The lowest BCUT2D eigenvalue weighted by molar-refractivity contribution is -0.131. The van der Waals surface area contributed by atoms with Crippen molar-refractivity contribution in [1.29, 1.82) is 0 Å². The van der Waals surface area contributed by atoms with E-state index in [0.29, 0.717) is 11.3 Å². The van der Waals surface area contributed by atoms with Crippen LogP contribution in [-0.4, -0.2) is 22.3 Å². The van der Waals surface area contributed by atoms with Crippen LogP contribution in [0, 0.1) is 12.8 Å². The van der Waals surface area contributed by atoms with E-state index in [1.807, 2.05) is 19.1 Å². The van der Waals surface area contributed by atoms with Gasteiger partial charge in [0.05, 0.1) is 0 Å². The van der Waals surface area contributed by atoms with Gasteiger partial charge in [0, 0.05) is 17.7 Å². The number of ether oxygens (including phenoxy) is 1. The number of aromatic hydroxyl groups is 1. The van der Waals surface area contributed by atoms with Gasteiger partial charge in [-0.05, 0) is 36.8 Å². The fraction of sp³-hybridized carbons (Fsp3) is 0.200. The maximum Gasteiger partial charge on any atom is 0.412 e. The number of phenols is 1. The lowest BCUT2D eigenvalue weighted by atomic mass is 9.96. The Bertz CT molecular complexity index is 781. The van der Waals surface area contributed by atoms with Crippen molar-refractivity contribution in [2.75, 3.05) is 5.32 Å². The maximum absolute atomic E-state index is 12.3. The van der Waals surface area contributed by atoms with Crippen LogP contribution >= 0.6 is 0 Å². The molecule has 136 valence electrons. The van der Waals surface area contributed by atoms with Gasteiger partial charge < -0.3 is 14.9 Å². The summed E-state index contributed by atoms with van der Waals surface area (Å²) in [6.07, 6.45) is 1.11. The summed E-state index contributed by atoms with van der Waals surface area (Å²) in [4.78, 5) is 23.0. The second-order valence-corrected chi connectivity index (χ2v) is 5.96. The molecule has 2 atom stereocenters. The normalized spacial score (nSPS) is 13.2. The van der Waals surface area contributed by atoms with Gasteiger partial charge in [0.25, 0.3) is 0 Å². The van der Waals surface area contributed by atoms with Crippen LogP contribution in [0.4, 0.5) is 10.5 Å². The second-order valence-electron chi connectivity index (χ2n) is 5.96. The predicted octanol–water partition coefficient (Wildman–Crippen LogP) is 4.27. The number of phenolic OH excluding ortho intramolecular Hbond substituents is 1. The summed E-state index contributed by atoms with van der Waals surface area (Å²) in [5.74, 6) is -1.38. The first-order valence-corrected chi connectivity index (χ1v) is 8.09. The van der Waals surface area contributed by atoms with Crippen molar-refractivity contribution in [2.24, 2.45) is 5.92 Å². The Hall–Kier alpha value is -3.28. The number of aryl methyl sites for hydroxylation is 1. The number of nitrogens with one attached hydrogen (secondary N) is 1. The Balaban J connectivity index is 2.16. The van der Waals surface area contributed by atoms with Gasteiger partial charge in [0.1, 0.15) is 11.9 Å². The topological polar surface area (TPSA) is 95.9 Å². The van der Waals surface area contributed by atoms with Crippen LogP contribution in [0.1, 0.15) is 24.2 Å². The summed E-state index contributed by atoms with van der Waals surface area (Å²) < 4.78 is 5.53. The number of amides is 1. The lowest BCUT2D eigenvalue weighted by Gasteiger charge is -2.22. The molecule has 3 N–H and O–H groups in total. The fourth-order valence-electron chi connectivity index (χ4n) is 2.38. The summed E-state index contributed by atoms with van der Waals surface area (Å²) in [6.45, 7) is 3.69. The van der Waals surface area contributed by atoms with Gasteiger partial charge in [-0.15, -0.1) is 0 Å². The number of anilines is 1. The minimum atomic E-state index is -1.08. The molecule has 26 heavy (non-hydrogen) atoms. The number of aliphatic carboxylic acids is 1. The van der Waals surface area contributed by atoms with Crippen LogP contribution in [0.15, 0.2) is 60.7 Å². The molecule has 0 heterocycles. The van der Waals surface area contributed by atoms with E-state index >= 15 is 0 Å². The first-order chi connectivity index (χ1) is 12.3. The van der Waals surface area contributed by atoms with Crippen molar-refractivity contribution < 1.29 is 24.5 Å². The van der Waals surface area contributed by atoms with Gasteiger partial charge in [-0.2, -0.15) is 0 Å². The van der Waals surface area contributed by atoms with Crippen molar-refractivity contribution in [3.63, 3.8) is 0 Å². The molecule has 6 heteroatoms. The molecule has 0 aromatic heterocycles. The Morgan fingerprint density at radius 3 is 2.27 bits per heavy atom. The molecule has 0 saturated heterocycles. The summed E-state index contributed by atoms with van der Waals surface area (Å²) >= 11 is 0. The quantitative estimate of drug-likeness (QED) is 0.673. The minimum absolute atomic E-state index is 0.0883. The van der Waals surface area contributed by atoms with E-state index in [2.05, 4.69) is 5.32 Å². The van der Waals surface area contributed by atoms with Crippen molar-refractivity contribution >= 4 is 17.7 Å². The minimum Gasteiger partial charge on any atom is -0.508 e. The summed E-state index contributed by atoms with van der Waals surface area (Å²) in [5, 5.41) is 20.9. The first-order valence-electron chi connectivity index (χ1n) is 8.09. The number of carbonyl (C=O) groups is 2. The number of carboxylic acids is 1. The molecular formula is C20H21NO5. The highest BCUT2D eigenvalue weighted by molar-refractivity contribution is 5.84. The van der Waals surface area contributed by atoms with Crippen LogP contribution in [0.2, 0.25) is 0 Å². The van der Waals surface area contributed by atoms with E-state index in [1.54, 1.807) is 31.2 Å². The molecular weight excluding hydrogens is 334 g/mol. The molecule has 0 bridgehead atoms. The summed E-state index contributed by atoms with van der Waals surface area (Å²) in [6, 6.07) is 13.5. The predicted molar refractivity (Wildman–Crippen MR) is 98.1 cm³/mol. The molecule has 6 nitrogen and oxygen atoms in total. The van der Waals surface area contributed by atoms with Gasteiger partial charge in [-0.25, -0.2) is 9.59 Å². The van der Waals surface area contributed by atoms with Crippen molar-refractivity contribution in [1.82, 2.24) is 0 Å². The third-order valence-corrected chi connectivity index (χ3v) is 3.77. The van der Waals surface area contributed by atoms with Crippen LogP contribution < -0.4 is 5.32 Å².